The molecule has 2 rings (SSSR count). The fraction of sp³-hybridized carbons (Fsp3) is 0.364. The number of nitrogens with zero attached hydrogens (tertiary/aromatic N) is 2. The number of rotatable bonds is 5. The number of methoxy groups -OCH3 is 1. The predicted octanol–water partition coefficient (Wildman–Crippen LogP) is 0.228. The van der Waals surface area contributed by atoms with E-state index >= 15 is 0 Å². The second-order valence-corrected chi connectivity index (χ2v) is 4.65. The van der Waals surface area contributed by atoms with Crippen LogP contribution < -0.4 is 10.9 Å². The zero-order valence-electron chi connectivity index (χ0n) is 10.3. The number of nitrogens with one attached hydrogen (secondary N) is 1. The van der Waals surface area contributed by atoms with Gasteiger partial charge in [0.15, 0.2) is 10.5 Å². The Labute approximate surface area is 112 Å². The summed E-state index contributed by atoms with van der Waals surface area (Å²) in [4.78, 5) is 28.0. The number of amides is 1. The van der Waals surface area contributed by atoms with E-state index < -0.39 is 17.3 Å². The lowest BCUT2D eigenvalue weighted by Gasteiger charge is -2.05. The Morgan fingerprint density at radius 2 is 2.42 bits per heavy atom. The van der Waals surface area contributed by atoms with Crippen molar-refractivity contribution in [1.82, 2.24) is 14.7 Å². The second kappa shape index (κ2) is 5.81. The van der Waals surface area contributed by atoms with Crippen LogP contribution >= 0.6 is 11.3 Å². The van der Waals surface area contributed by atoms with Crippen LogP contribution in [0.25, 0.3) is 4.96 Å². The van der Waals surface area contributed by atoms with Crippen molar-refractivity contribution in [2.75, 3.05) is 20.3 Å². The van der Waals surface area contributed by atoms with Gasteiger partial charge in [0.2, 0.25) is 5.88 Å². The van der Waals surface area contributed by atoms with Gasteiger partial charge < -0.3 is 15.2 Å². The summed E-state index contributed by atoms with van der Waals surface area (Å²) in [6.45, 7) is 0.866. The Morgan fingerprint density at radius 3 is 3.16 bits per heavy atom. The van der Waals surface area contributed by atoms with E-state index in [9.17, 15) is 14.7 Å². The van der Waals surface area contributed by atoms with Gasteiger partial charge in [-0.3, -0.25) is 14.0 Å². The molecule has 2 aromatic rings. The van der Waals surface area contributed by atoms with Gasteiger partial charge in [-0.1, -0.05) is 0 Å². The van der Waals surface area contributed by atoms with Crippen LogP contribution in [0.3, 0.4) is 0 Å². The normalized spacial score (nSPS) is 10.8. The fourth-order valence-corrected chi connectivity index (χ4v) is 2.28. The minimum atomic E-state index is -0.633. The van der Waals surface area contributed by atoms with E-state index in [4.69, 9.17) is 4.74 Å². The molecule has 7 nitrogen and oxygen atoms in total. The Hall–Kier alpha value is -1.93. The largest absolute Gasteiger partial charge is 0.492 e. The van der Waals surface area contributed by atoms with E-state index in [1.54, 1.807) is 12.5 Å². The van der Waals surface area contributed by atoms with Crippen molar-refractivity contribution in [1.29, 1.82) is 0 Å². The van der Waals surface area contributed by atoms with Crippen molar-refractivity contribution in [3.8, 4) is 5.88 Å². The molecule has 19 heavy (non-hydrogen) atoms. The zero-order chi connectivity index (χ0) is 13.8. The van der Waals surface area contributed by atoms with Crippen molar-refractivity contribution in [2.45, 2.75) is 6.42 Å². The summed E-state index contributed by atoms with van der Waals surface area (Å²) in [6, 6.07) is 0. The lowest BCUT2D eigenvalue weighted by Crippen LogP contribution is -2.32. The van der Waals surface area contributed by atoms with Crippen LogP contribution in [-0.4, -0.2) is 40.7 Å². The number of aromatic nitrogens is 2. The van der Waals surface area contributed by atoms with Crippen LogP contribution in [0.15, 0.2) is 16.4 Å². The maximum Gasteiger partial charge on any atom is 0.275 e. The zero-order valence-corrected chi connectivity index (χ0v) is 11.1. The van der Waals surface area contributed by atoms with E-state index in [2.05, 4.69) is 10.3 Å². The van der Waals surface area contributed by atoms with E-state index in [0.717, 1.165) is 0 Å². The minimum Gasteiger partial charge on any atom is -0.492 e. The van der Waals surface area contributed by atoms with Crippen molar-refractivity contribution in [2.24, 2.45) is 0 Å². The molecule has 0 radical (unpaired) electrons. The quantitative estimate of drug-likeness (QED) is 0.766. The van der Waals surface area contributed by atoms with Crippen LogP contribution in [0.4, 0.5) is 0 Å². The van der Waals surface area contributed by atoms with E-state index in [1.807, 2.05) is 0 Å². The Kier molecular flexibility index (Phi) is 4.13. The molecular formula is C11H13N3O4S. The molecule has 2 N–H and O–H groups in total. The molecule has 0 spiro atoms. The highest BCUT2D eigenvalue weighted by Crippen LogP contribution is 2.14. The number of ether oxygens (including phenoxy) is 1. The average molecular weight is 283 g/mol. The highest BCUT2D eigenvalue weighted by molar-refractivity contribution is 7.15. The van der Waals surface area contributed by atoms with Gasteiger partial charge in [-0.15, -0.1) is 11.3 Å². The van der Waals surface area contributed by atoms with Crippen molar-refractivity contribution >= 4 is 22.2 Å². The molecule has 0 bridgehead atoms. The lowest BCUT2D eigenvalue weighted by molar-refractivity contribution is 0.0943. The van der Waals surface area contributed by atoms with Gasteiger partial charge in [-0.2, -0.15) is 4.98 Å². The van der Waals surface area contributed by atoms with Crippen LogP contribution in [-0.2, 0) is 4.74 Å². The summed E-state index contributed by atoms with van der Waals surface area (Å²) in [5.41, 5.74) is -0.915. The first-order valence-corrected chi connectivity index (χ1v) is 6.49. The molecule has 0 saturated carbocycles. The molecule has 0 fully saturated rings. The highest BCUT2D eigenvalue weighted by Gasteiger charge is 2.19. The number of carbonyl (C=O) groups is 1. The number of thiazole rings is 1. The molecule has 2 aromatic heterocycles. The Bertz CT molecular complexity index is 649. The van der Waals surface area contributed by atoms with Crippen LogP contribution in [0.1, 0.15) is 16.8 Å². The maximum atomic E-state index is 12.0. The van der Waals surface area contributed by atoms with Gasteiger partial charge in [-0.25, -0.2) is 0 Å². The molecule has 0 atom stereocenters. The molecule has 0 saturated heterocycles. The SMILES string of the molecule is COCCCNC(=O)c1c(O)nc2sccn2c1=O. The summed E-state index contributed by atoms with van der Waals surface area (Å²) in [7, 11) is 1.56. The third-order valence-corrected chi connectivity index (χ3v) is 3.24. The van der Waals surface area contributed by atoms with Gasteiger partial charge in [-0.05, 0) is 6.42 Å². The number of hydrogen-bond acceptors (Lipinski definition) is 6. The standard InChI is InChI=1S/C11H13N3O4S/c1-18-5-2-3-12-8(15)7-9(16)13-11-14(10(7)17)4-6-19-11/h4,6,16H,2-3,5H2,1H3,(H,12,15). The first kappa shape index (κ1) is 13.5. The monoisotopic (exact) mass is 283 g/mol. The second-order valence-electron chi connectivity index (χ2n) is 3.77. The molecular weight excluding hydrogens is 270 g/mol. The molecule has 0 aliphatic heterocycles. The van der Waals surface area contributed by atoms with Crippen LogP contribution in [0.2, 0.25) is 0 Å². The van der Waals surface area contributed by atoms with Gasteiger partial charge in [0, 0.05) is 31.8 Å². The molecule has 0 aromatic carbocycles. The van der Waals surface area contributed by atoms with E-state index in [-0.39, 0.29) is 5.56 Å². The van der Waals surface area contributed by atoms with Crippen molar-refractivity contribution in [3.63, 3.8) is 0 Å². The molecule has 102 valence electrons. The van der Waals surface area contributed by atoms with E-state index in [1.165, 1.54) is 21.9 Å². The summed E-state index contributed by atoms with van der Waals surface area (Å²) < 4.78 is 6.08. The molecule has 0 aliphatic rings. The summed E-state index contributed by atoms with van der Waals surface area (Å²) in [5, 5.41) is 13.9. The smallest absolute Gasteiger partial charge is 0.275 e. The van der Waals surface area contributed by atoms with Gasteiger partial charge in [0.1, 0.15) is 0 Å². The topological polar surface area (TPSA) is 92.9 Å². The number of carbonyl (C=O) groups excluding carboxylic acids is 1. The van der Waals surface area contributed by atoms with Gasteiger partial charge in [0.25, 0.3) is 11.5 Å². The summed E-state index contributed by atoms with van der Waals surface area (Å²) >= 11 is 1.20. The third kappa shape index (κ3) is 2.74. The van der Waals surface area contributed by atoms with Crippen LogP contribution in [0, 0.1) is 0 Å². The maximum absolute atomic E-state index is 12.0. The number of hydrogen-bond donors (Lipinski definition) is 2. The number of fused-ring (bicyclic) bond motifs is 1. The highest BCUT2D eigenvalue weighted by atomic mass is 32.1. The molecule has 2 heterocycles. The van der Waals surface area contributed by atoms with E-state index in [0.29, 0.717) is 24.5 Å². The summed E-state index contributed by atoms with van der Waals surface area (Å²) in [5.74, 6) is -1.18. The third-order valence-electron chi connectivity index (χ3n) is 2.49. The van der Waals surface area contributed by atoms with Gasteiger partial charge in [0.05, 0.1) is 0 Å². The fourth-order valence-electron chi connectivity index (χ4n) is 1.58. The Morgan fingerprint density at radius 1 is 1.63 bits per heavy atom. The van der Waals surface area contributed by atoms with Gasteiger partial charge >= 0.3 is 0 Å². The summed E-state index contributed by atoms with van der Waals surface area (Å²) in [6.07, 6.45) is 2.13. The first-order valence-electron chi connectivity index (χ1n) is 5.61. The average Bonchev–Trinajstić information content (AvgIpc) is 2.83. The predicted molar refractivity (Wildman–Crippen MR) is 69.8 cm³/mol. The molecule has 8 heteroatoms. The molecule has 0 unspecified atom stereocenters. The molecule has 1 amide bonds. The Balaban J connectivity index is 2.24. The minimum absolute atomic E-state index is 0.340. The van der Waals surface area contributed by atoms with Crippen molar-refractivity contribution in [3.05, 3.63) is 27.5 Å². The lowest BCUT2D eigenvalue weighted by atomic mass is 10.3. The molecule has 0 aliphatic carbocycles. The van der Waals surface area contributed by atoms with Crippen LogP contribution in [0.5, 0.6) is 5.88 Å². The van der Waals surface area contributed by atoms with Crippen molar-refractivity contribution < 1.29 is 14.6 Å². The first-order chi connectivity index (χ1) is 9.15. The number of aromatic hydroxyl groups is 1.